The van der Waals surface area contributed by atoms with Crippen LogP contribution in [0.4, 0.5) is 5.69 Å². The standard InChI is InChI=1S/C29H27N3O4/c1-35-19-8-7-15-11-20-29(34)12-17-23-21-16(27(33)31-23)3-2-4-18(21)30-24(17)26-28(29,22(15)25(19)36-26)9-10-32(20)13-14-5-6-14/h2-4,7-8,14,20,26,34H,5-6,9-13H2,1H3,(H,31,33)/t20-,26?,28-,29?/m0/s1. The molecule has 4 heterocycles. The number of fused-ring (bicyclic) bond motifs is 3. The van der Waals surface area contributed by atoms with Crippen molar-refractivity contribution in [2.45, 2.75) is 55.3 Å². The summed E-state index contributed by atoms with van der Waals surface area (Å²) < 4.78 is 12.6. The number of carbonyl (C=O) groups excluding carboxylic acids is 1. The summed E-state index contributed by atoms with van der Waals surface area (Å²) in [4.78, 5) is 20.6. The predicted octanol–water partition coefficient (Wildman–Crippen LogP) is 3.51. The number of carbonyl (C=O) groups is 1. The van der Waals surface area contributed by atoms with E-state index in [1.807, 2.05) is 24.3 Å². The lowest BCUT2D eigenvalue weighted by atomic mass is 9.48. The molecule has 2 bridgehead atoms. The molecule has 3 aliphatic heterocycles. The van der Waals surface area contributed by atoms with E-state index in [-0.39, 0.29) is 11.9 Å². The lowest BCUT2D eigenvalue weighted by molar-refractivity contribution is -0.173. The number of aliphatic hydroxyl groups is 1. The highest BCUT2D eigenvalue weighted by Crippen LogP contribution is 2.69. The molecular formula is C29H27N3O4. The Kier molecular flexibility index (Phi) is 3.44. The normalized spacial score (nSPS) is 32.7. The first-order chi connectivity index (χ1) is 17.5. The van der Waals surface area contributed by atoms with E-state index in [4.69, 9.17) is 14.5 Å². The van der Waals surface area contributed by atoms with Crippen molar-refractivity contribution in [2.75, 3.05) is 25.5 Å². The van der Waals surface area contributed by atoms with Crippen molar-refractivity contribution in [3.63, 3.8) is 0 Å². The van der Waals surface area contributed by atoms with Gasteiger partial charge in [-0.3, -0.25) is 9.69 Å². The first-order valence-corrected chi connectivity index (χ1v) is 13.1. The van der Waals surface area contributed by atoms with Gasteiger partial charge in [-0.05, 0) is 61.9 Å². The molecule has 9 rings (SSSR count). The molecule has 2 unspecified atom stereocenters. The van der Waals surface area contributed by atoms with Crippen LogP contribution < -0.4 is 14.8 Å². The largest absolute Gasteiger partial charge is 0.493 e. The maximum atomic E-state index is 13.0. The zero-order valence-electron chi connectivity index (χ0n) is 20.1. The molecule has 4 atom stereocenters. The Labute approximate surface area is 208 Å². The van der Waals surface area contributed by atoms with E-state index in [1.165, 1.54) is 18.4 Å². The lowest BCUT2D eigenvalue weighted by Gasteiger charge is -2.63. The van der Waals surface area contributed by atoms with Crippen molar-refractivity contribution in [3.05, 3.63) is 58.3 Å². The Balaban J connectivity index is 1.35. The number of methoxy groups -OCH3 is 1. The number of benzene rings is 2. The third kappa shape index (κ3) is 2.08. The van der Waals surface area contributed by atoms with Crippen molar-refractivity contribution in [1.29, 1.82) is 0 Å². The summed E-state index contributed by atoms with van der Waals surface area (Å²) in [5.41, 5.74) is 4.80. The SMILES string of the molecule is COc1ccc2c3c1OC1c4nc5cccc6c5c(c4CC4(O)[C@H](C2)N(CC2CC2)CC[C@]314)NC6=O. The average molecular weight is 482 g/mol. The van der Waals surface area contributed by atoms with E-state index < -0.39 is 17.1 Å². The number of anilines is 1. The fraction of sp³-hybridized carbons (Fsp3) is 0.448. The number of nitrogens with zero attached hydrogens (tertiary/aromatic N) is 2. The number of hydrogen-bond acceptors (Lipinski definition) is 6. The number of hydrogen-bond donors (Lipinski definition) is 2. The van der Waals surface area contributed by atoms with Crippen LogP contribution in [0.25, 0.3) is 10.9 Å². The summed E-state index contributed by atoms with van der Waals surface area (Å²) in [5.74, 6) is 2.11. The zero-order chi connectivity index (χ0) is 24.0. The fourth-order valence-corrected chi connectivity index (χ4v) is 8.35. The molecule has 3 aliphatic carbocycles. The lowest BCUT2D eigenvalue weighted by Crippen LogP contribution is -2.74. The summed E-state index contributed by atoms with van der Waals surface area (Å²) in [7, 11) is 1.68. The van der Waals surface area contributed by atoms with E-state index in [0.717, 1.165) is 71.0 Å². The third-order valence-electron chi connectivity index (χ3n) is 10.0. The molecule has 2 fully saturated rings. The van der Waals surface area contributed by atoms with Crippen molar-refractivity contribution >= 4 is 22.5 Å². The van der Waals surface area contributed by atoms with E-state index in [9.17, 15) is 9.90 Å². The van der Waals surface area contributed by atoms with Crippen molar-refractivity contribution in [2.24, 2.45) is 5.92 Å². The Morgan fingerprint density at radius 2 is 2.17 bits per heavy atom. The Hall–Kier alpha value is -3.16. The van der Waals surface area contributed by atoms with Crippen LogP contribution in [-0.4, -0.2) is 52.7 Å². The second-order valence-electron chi connectivity index (χ2n) is 11.6. The average Bonchev–Trinajstić information content (AvgIpc) is 3.53. The molecule has 1 aromatic heterocycles. The number of ether oxygens (including phenoxy) is 2. The highest BCUT2D eigenvalue weighted by molar-refractivity contribution is 6.24. The highest BCUT2D eigenvalue weighted by Gasteiger charge is 2.73. The molecule has 0 radical (unpaired) electrons. The molecule has 6 aliphatic rings. The van der Waals surface area contributed by atoms with Gasteiger partial charge in [-0.25, -0.2) is 4.98 Å². The quantitative estimate of drug-likeness (QED) is 0.596. The Bertz CT molecular complexity index is 1550. The Morgan fingerprint density at radius 1 is 1.28 bits per heavy atom. The molecule has 2 aromatic carbocycles. The number of amides is 1. The molecule has 1 spiro atoms. The number of rotatable bonds is 3. The smallest absolute Gasteiger partial charge is 0.256 e. The maximum absolute atomic E-state index is 13.0. The van der Waals surface area contributed by atoms with Gasteiger partial charge in [-0.15, -0.1) is 0 Å². The topological polar surface area (TPSA) is 83.9 Å². The van der Waals surface area contributed by atoms with E-state index in [2.05, 4.69) is 16.3 Å². The molecule has 1 saturated heterocycles. The molecule has 3 aromatic rings. The van der Waals surface area contributed by atoms with Crippen LogP contribution in [0.15, 0.2) is 30.3 Å². The van der Waals surface area contributed by atoms with Crippen LogP contribution in [0.3, 0.4) is 0 Å². The second kappa shape index (κ2) is 6.21. The molecule has 2 N–H and O–H groups in total. The molecule has 1 saturated carbocycles. The molecule has 7 heteroatoms. The summed E-state index contributed by atoms with van der Waals surface area (Å²) in [6, 6.07) is 9.89. The molecule has 182 valence electrons. The van der Waals surface area contributed by atoms with E-state index in [1.54, 1.807) is 7.11 Å². The summed E-state index contributed by atoms with van der Waals surface area (Å²) in [5, 5.41) is 17.0. The minimum absolute atomic E-state index is 0.00631. The van der Waals surface area contributed by atoms with Crippen molar-refractivity contribution < 1.29 is 19.4 Å². The van der Waals surface area contributed by atoms with Gasteiger partial charge in [0.1, 0.15) is 0 Å². The van der Waals surface area contributed by atoms with Crippen molar-refractivity contribution in [3.8, 4) is 11.5 Å². The minimum Gasteiger partial charge on any atom is -0.493 e. The van der Waals surface area contributed by atoms with Gasteiger partial charge in [-0.2, -0.15) is 0 Å². The minimum atomic E-state index is -1.03. The van der Waals surface area contributed by atoms with Gasteiger partial charge >= 0.3 is 0 Å². The number of pyridine rings is 1. The van der Waals surface area contributed by atoms with Gasteiger partial charge in [0, 0.05) is 35.5 Å². The zero-order valence-corrected chi connectivity index (χ0v) is 20.1. The van der Waals surface area contributed by atoms with Crippen LogP contribution >= 0.6 is 0 Å². The monoisotopic (exact) mass is 481 g/mol. The highest BCUT2D eigenvalue weighted by atomic mass is 16.5. The molecular weight excluding hydrogens is 454 g/mol. The van der Waals surface area contributed by atoms with Gasteiger partial charge in [0.05, 0.1) is 40.6 Å². The second-order valence-corrected chi connectivity index (χ2v) is 11.6. The maximum Gasteiger partial charge on any atom is 0.256 e. The van der Waals surface area contributed by atoms with Crippen LogP contribution in [0, 0.1) is 5.92 Å². The van der Waals surface area contributed by atoms with E-state index >= 15 is 0 Å². The fourth-order valence-electron chi connectivity index (χ4n) is 8.35. The van der Waals surface area contributed by atoms with Crippen LogP contribution in [0.1, 0.15) is 58.1 Å². The predicted molar refractivity (Wildman–Crippen MR) is 133 cm³/mol. The Morgan fingerprint density at radius 3 is 3.00 bits per heavy atom. The number of nitrogens with one attached hydrogen (secondary N) is 1. The molecule has 7 nitrogen and oxygen atoms in total. The number of likely N-dealkylation sites (tertiary alicyclic amines) is 1. The third-order valence-corrected chi connectivity index (χ3v) is 10.0. The van der Waals surface area contributed by atoms with Crippen LogP contribution in [-0.2, 0) is 18.3 Å². The van der Waals surface area contributed by atoms with E-state index in [0.29, 0.717) is 17.7 Å². The summed E-state index contributed by atoms with van der Waals surface area (Å²) in [6.07, 6.45) is 4.20. The first-order valence-electron chi connectivity index (χ1n) is 13.1. The van der Waals surface area contributed by atoms with Gasteiger partial charge in [0.2, 0.25) is 0 Å². The van der Waals surface area contributed by atoms with Gasteiger partial charge in [-0.1, -0.05) is 12.1 Å². The molecule has 36 heavy (non-hydrogen) atoms. The van der Waals surface area contributed by atoms with Crippen molar-refractivity contribution in [1.82, 2.24) is 9.88 Å². The molecule has 1 amide bonds. The van der Waals surface area contributed by atoms with Crippen LogP contribution in [0.5, 0.6) is 11.5 Å². The first kappa shape index (κ1) is 20.0. The number of aromatic nitrogens is 1. The van der Waals surface area contributed by atoms with Gasteiger partial charge in [0.15, 0.2) is 17.6 Å². The van der Waals surface area contributed by atoms with Gasteiger partial charge < -0.3 is 19.9 Å². The number of piperidine rings is 1. The summed E-state index contributed by atoms with van der Waals surface area (Å²) in [6.45, 7) is 1.99. The van der Waals surface area contributed by atoms with Crippen LogP contribution in [0.2, 0.25) is 0 Å². The summed E-state index contributed by atoms with van der Waals surface area (Å²) >= 11 is 0. The van der Waals surface area contributed by atoms with Gasteiger partial charge in [0.25, 0.3) is 5.91 Å².